The van der Waals surface area contributed by atoms with E-state index in [2.05, 4.69) is 45.3 Å². The molecule has 1 aromatic heterocycles. The molecule has 3 nitrogen and oxygen atoms in total. The minimum Gasteiger partial charge on any atom is -0.216 e. The number of hydrogen-bond acceptors (Lipinski definition) is 3. The molecule has 0 radical (unpaired) electrons. The highest BCUT2D eigenvalue weighted by Crippen LogP contribution is 2.33. The van der Waals surface area contributed by atoms with Crippen molar-refractivity contribution in [2.45, 2.75) is 0 Å². The average molecular weight is 292 g/mol. The van der Waals surface area contributed by atoms with Crippen molar-refractivity contribution >= 4 is 33.1 Å². The van der Waals surface area contributed by atoms with Crippen molar-refractivity contribution < 1.29 is 0 Å². The van der Waals surface area contributed by atoms with Crippen LogP contribution in [0.25, 0.3) is 32.9 Å². The molecule has 0 saturated heterocycles. The monoisotopic (exact) mass is 291 g/mol. The van der Waals surface area contributed by atoms with Gasteiger partial charge in [0.2, 0.25) is 5.28 Å². The summed E-state index contributed by atoms with van der Waals surface area (Å²) in [5.41, 5.74) is 0.966. The SMILES string of the molecule is Clc1ncnc(-c2cc3ccccc3c3ccccc23)n1. The molecule has 100 valence electrons. The first kappa shape index (κ1) is 12.2. The van der Waals surface area contributed by atoms with Gasteiger partial charge in [0.1, 0.15) is 6.33 Å². The second-order valence-electron chi connectivity index (χ2n) is 4.77. The third-order valence-corrected chi connectivity index (χ3v) is 3.73. The van der Waals surface area contributed by atoms with Gasteiger partial charge < -0.3 is 0 Å². The number of rotatable bonds is 1. The third kappa shape index (κ3) is 2.03. The van der Waals surface area contributed by atoms with Crippen LogP contribution in [0.1, 0.15) is 0 Å². The second-order valence-corrected chi connectivity index (χ2v) is 5.11. The Morgan fingerprint density at radius 1 is 0.762 bits per heavy atom. The summed E-state index contributed by atoms with van der Waals surface area (Å²) in [5.74, 6) is 0.594. The van der Waals surface area contributed by atoms with Gasteiger partial charge in [-0.15, -0.1) is 0 Å². The van der Waals surface area contributed by atoms with Crippen LogP contribution >= 0.6 is 11.6 Å². The number of benzene rings is 3. The molecule has 0 aliphatic carbocycles. The molecule has 0 bridgehead atoms. The van der Waals surface area contributed by atoms with E-state index in [1.165, 1.54) is 17.1 Å². The van der Waals surface area contributed by atoms with E-state index >= 15 is 0 Å². The lowest BCUT2D eigenvalue weighted by atomic mass is 9.97. The largest absolute Gasteiger partial charge is 0.225 e. The smallest absolute Gasteiger partial charge is 0.216 e. The summed E-state index contributed by atoms with van der Waals surface area (Å²) < 4.78 is 0. The molecule has 4 rings (SSSR count). The van der Waals surface area contributed by atoms with Crippen LogP contribution in [0.15, 0.2) is 60.9 Å². The van der Waals surface area contributed by atoms with Crippen molar-refractivity contribution in [2.24, 2.45) is 0 Å². The van der Waals surface area contributed by atoms with Crippen LogP contribution in [0.2, 0.25) is 5.28 Å². The third-order valence-electron chi connectivity index (χ3n) is 3.55. The number of fused-ring (bicyclic) bond motifs is 3. The summed E-state index contributed by atoms with van der Waals surface area (Å²) in [7, 11) is 0. The molecule has 0 spiro atoms. The van der Waals surface area contributed by atoms with Gasteiger partial charge in [-0.25, -0.2) is 9.97 Å². The number of hydrogen-bond donors (Lipinski definition) is 0. The fourth-order valence-corrected chi connectivity index (χ4v) is 2.77. The molecule has 0 atom stereocenters. The molecule has 3 aromatic carbocycles. The molecule has 1 heterocycles. The summed E-state index contributed by atoms with van der Waals surface area (Å²) >= 11 is 5.90. The van der Waals surface area contributed by atoms with Gasteiger partial charge in [0.05, 0.1) is 0 Å². The van der Waals surface area contributed by atoms with Crippen LogP contribution in [0, 0.1) is 0 Å². The Morgan fingerprint density at radius 2 is 1.48 bits per heavy atom. The first-order chi connectivity index (χ1) is 10.3. The van der Waals surface area contributed by atoms with Gasteiger partial charge in [-0.05, 0) is 39.2 Å². The van der Waals surface area contributed by atoms with E-state index in [-0.39, 0.29) is 5.28 Å². The maximum Gasteiger partial charge on any atom is 0.225 e. The Balaban J connectivity index is 2.16. The standard InChI is InChI=1S/C17H10ClN3/c18-17-20-10-19-16(21-17)15-9-11-5-1-2-6-12(11)13-7-3-4-8-14(13)15/h1-10H. The van der Waals surface area contributed by atoms with Crippen molar-refractivity contribution in [1.82, 2.24) is 15.0 Å². The van der Waals surface area contributed by atoms with Gasteiger partial charge in [0, 0.05) is 5.56 Å². The Bertz CT molecular complexity index is 966. The van der Waals surface area contributed by atoms with Crippen LogP contribution in [0.5, 0.6) is 0 Å². The van der Waals surface area contributed by atoms with Crippen molar-refractivity contribution in [3.63, 3.8) is 0 Å². The molecule has 21 heavy (non-hydrogen) atoms. The molecule has 4 heteroatoms. The predicted molar refractivity (Wildman–Crippen MR) is 85.3 cm³/mol. The van der Waals surface area contributed by atoms with Crippen LogP contribution in [-0.2, 0) is 0 Å². The van der Waals surface area contributed by atoms with Gasteiger partial charge in [0.25, 0.3) is 0 Å². The van der Waals surface area contributed by atoms with Crippen molar-refractivity contribution in [3.05, 3.63) is 66.2 Å². The molecule has 0 amide bonds. The molecule has 0 N–H and O–H groups in total. The average Bonchev–Trinajstić information content (AvgIpc) is 2.54. The zero-order chi connectivity index (χ0) is 14.2. The molecule has 0 aliphatic rings. The normalized spacial score (nSPS) is 11.1. The number of halogens is 1. The highest BCUT2D eigenvalue weighted by Gasteiger charge is 2.10. The molecule has 0 fully saturated rings. The van der Waals surface area contributed by atoms with Crippen molar-refractivity contribution in [1.29, 1.82) is 0 Å². The summed E-state index contributed by atoms with van der Waals surface area (Å²) in [4.78, 5) is 12.4. The van der Waals surface area contributed by atoms with Crippen LogP contribution in [0.4, 0.5) is 0 Å². The lowest BCUT2D eigenvalue weighted by molar-refractivity contribution is 1.06. The molecule has 0 unspecified atom stereocenters. The van der Waals surface area contributed by atoms with E-state index in [1.807, 2.05) is 24.3 Å². The quantitative estimate of drug-likeness (QED) is 0.485. The minimum atomic E-state index is 0.206. The molecular formula is C17H10ClN3. The van der Waals surface area contributed by atoms with E-state index in [9.17, 15) is 0 Å². The number of nitrogens with zero attached hydrogens (tertiary/aromatic N) is 3. The molecule has 0 saturated carbocycles. The predicted octanol–water partition coefficient (Wildman–Crippen LogP) is 4.50. The molecule has 4 aromatic rings. The fourth-order valence-electron chi connectivity index (χ4n) is 2.65. The van der Waals surface area contributed by atoms with Crippen LogP contribution in [-0.4, -0.2) is 15.0 Å². The first-order valence-corrected chi connectivity index (χ1v) is 6.96. The second kappa shape index (κ2) is 4.79. The van der Waals surface area contributed by atoms with E-state index < -0.39 is 0 Å². The Labute approximate surface area is 126 Å². The van der Waals surface area contributed by atoms with Crippen LogP contribution < -0.4 is 0 Å². The Morgan fingerprint density at radius 3 is 2.29 bits per heavy atom. The lowest BCUT2D eigenvalue weighted by Crippen LogP contribution is -1.93. The van der Waals surface area contributed by atoms with Gasteiger partial charge >= 0.3 is 0 Å². The highest BCUT2D eigenvalue weighted by molar-refractivity contribution is 6.28. The molecule has 0 aliphatic heterocycles. The van der Waals surface area contributed by atoms with Gasteiger partial charge in [-0.2, -0.15) is 4.98 Å². The molecular weight excluding hydrogens is 282 g/mol. The zero-order valence-corrected chi connectivity index (χ0v) is 11.7. The highest BCUT2D eigenvalue weighted by atomic mass is 35.5. The first-order valence-electron chi connectivity index (χ1n) is 6.58. The lowest BCUT2D eigenvalue weighted by Gasteiger charge is -2.09. The summed E-state index contributed by atoms with van der Waals surface area (Å²) in [6.07, 6.45) is 1.44. The summed E-state index contributed by atoms with van der Waals surface area (Å²) in [5, 5.41) is 4.87. The van der Waals surface area contributed by atoms with E-state index in [1.54, 1.807) is 0 Å². The van der Waals surface area contributed by atoms with Crippen molar-refractivity contribution in [2.75, 3.05) is 0 Å². The van der Waals surface area contributed by atoms with Gasteiger partial charge in [0.15, 0.2) is 5.82 Å². The Kier molecular flexibility index (Phi) is 2.79. The topological polar surface area (TPSA) is 38.7 Å². The van der Waals surface area contributed by atoms with E-state index in [0.29, 0.717) is 5.82 Å². The van der Waals surface area contributed by atoms with E-state index in [0.717, 1.165) is 16.3 Å². The summed E-state index contributed by atoms with van der Waals surface area (Å²) in [6, 6.07) is 18.6. The Hall–Kier alpha value is -2.52. The number of aromatic nitrogens is 3. The van der Waals surface area contributed by atoms with Crippen LogP contribution in [0.3, 0.4) is 0 Å². The van der Waals surface area contributed by atoms with Gasteiger partial charge in [-0.3, -0.25) is 0 Å². The van der Waals surface area contributed by atoms with Crippen molar-refractivity contribution in [3.8, 4) is 11.4 Å². The van der Waals surface area contributed by atoms with Gasteiger partial charge in [-0.1, -0.05) is 48.5 Å². The van der Waals surface area contributed by atoms with E-state index in [4.69, 9.17) is 11.6 Å². The summed E-state index contributed by atoms with van der Waals surface area (Å²) in [6.45, 7) is 0. The minimum absolute atomic E-state index is 0.206. The maximum atomic E-state index is 5.90. The maximum absolute atomic E-state index is 5.90. The zero-order valence-electron chi connectivity index (χ0n) is 11.0. The fraction of sp³-hybridized carbons (Fsp3) is 0.